The summed E-state index contributed by atoms with van der Waals surface area (Å²) in [5.41, 5.74) is 2.62. The molecule has 0 saturated heterocycles. The van der Waals surface area contributed by atoms with Crippen LogP contribution in [0.4, 0.5) is 4.79 Å². The van der Waals surface area contributed by atoms with Crippen molar-refractivity contribution in [2.24, 2.45) is 0 Å². The van der Waals surface area contributed by atoms with Crippen LogP contribution >= 0.6 is 0 Å². The first-order valence-electron chi connectivity index (χ1n) is 7.46. The molecule has 0 bridgehead atoms. The first kappa shape index (κ1) is 15.6. The van der Waals surface area contributed by atoms with Gasteiger partial charge in [0.25, 0.3) is 0 Å². The standard InChI is InChI=1S/C16H24N2O3/c1-11(10-19)18-16(20)17-9-13-5-3-4-12-8-14(21-2)6-7-15(12)13/h6-8,11,13,19H,3-5,9-10H2,1-2H3,(H2,17,18,20)/t11-,13-/m0/s1. The average Bonchev–Trinajstić information content (AvgIpc) is 2.51. The monoisotopic (exact) mass is 292 g/mol. The molecule has 116 valence electrons. The van der Waals surface area contributed by atoms with Gasteiger partial charge in [0, 0.05) is 12.5 Å². The molecule has 3 N–H and O–H groups in total. The van der Waals surface area contributed by atoms with Gasteiger partial charge in [-0.3, -0.25) is 0 Å². The van der Waals surface area contributed by atoms with Crippen molar-refractivity contribution in [2.45, 2.75) is 38.1 Å². The van der Waals surface area contributed by atoms with Gasteiger partial charge < -0.3 is 20.5 Å². The number of methoxy groups -OCH3 is 1. The summed E-state index contributed by atoms with van der Waals surface area (Å²) < 4.78 is 5.27. The lowest BCUT2D eigenvalue weighted by Gasteiger charge is -2.26. The van der Waals surface area contributed by atoms with Crippen molar-refractivity contribution in [3.63, 3.8) is 0 Å². The summed E-state index contributed by atoms with van der Waals surface area (Å²) in [4.78, 5) is 11.7. The van der Waals surface area contributed by atoms with Crippen LogP contribution in [0.1, 0.15) is 36.8 Å². The number of nitrogens with one attached hydrogen (secondary N) is 2. The number of benzene rings is 1. The van der Waals surface area contributed by atoms with Gasteiger partial charge in [0.05, 0.1) is 19.8 Å². The highest BCUT2D eigenvalue weighted by molar-refractivity contribution is 5.74. The molecular weight excluding hydrogens is 268 g/mol. The number of ether oxygens (including phenoxy) is 1. The van der Waals surface area contributed by atoms with Gasteiger partial charge in [-0.25, -0.2) is 4.79 Å². The van der Waals surface area contributed by atoms with Gasteiger partial charge in [-0.2, -0.15) is 0 Å². The lowest BCUT2D eigenvalue weighted by atomic mass is 9.82. The van der Waals surface area contributed by atoms with Crippen molar-refractivity contribution >= 4 is 6.03 Å². The Kier molecular flexibility index (Phi) is 5.44. The normalized spacial score (nSPS) is 18.5. The number of hydrogen-bond acceptors (Lipinski definition) is 3. The molecule has 0 spiro atoms. The fourth-order valence-electron chi connectivity index (χ4n) is 2.77. The second-order valence-corrected chi connectivity index (χ2v) is 5.59. The molecular formula is C16H24N2O3. The zero-order valence-corrected chi connectivity index (χ0v) is 12.7. The Morgan fingerprint density at radius 2 is 2.33 bits per heavy atom. The summed E-state index contributed by atoms with van der Waals surface area (Å²) >= 11 is 0. The van der Waals surface area contributed by atoms with E-state index < -0.39 is 0 Å². The molecule has 0 heterocycles. The van der Waals surface area contributed by atoms with Crippen LogP contribution < -0.4 is 15.4 Å². The fourth-order valence-corrected chi connectivity index (χ4v) is 2.77. The van der Waals surface area contributed by atoms with Gasteiger partial charge in [0.1, 0.15) is 5.75 Å². The van der Waals surface area contributed by atoms with Crippen LogP contribution in [0.3, 0.4) is 0 Å². The fraction of sp³-hybridized carbons (Fsp3) is 0.562. The third-order valence-corrected chi connectivity index (χ3v) is 3.95. The van der Waals surface area contributed by atoms with Crippen molar-refractivity contribution in [3.8, 4) is 5.75 Å². The predicted molar refractivity (Wildman–Crippen MR) is 81.8 cm³/mol. The number of carbonyl (C=O) groups is 1. The highest BCUT2D eigenvalue weighted by Crippen LogP contribution is 2.33. The number of rotatable bonds is 5. The van der Waals surface area contributed by atoms with E-state index in [-0.39, 0.29) is 18.7 Å². The third-order valence-electron chi connectivity index (χ3n) is 3.95. The van der Waals surface area contributed by atoms with Crippen LogP contribution in [-0.4, -0.2) is 37.4 Å². The molecule has 1 aromatic carbocycles. The Morgan fingerprint density at radius 3 is 3.05 bits per heavy atom. The summed E-state index contributed by atoms with van der Waals surface area (Å²) in [5, 5.41) is 14.5. The molecule has 2 rings (SSSR count). The van der Waals surface area contributed by atoms with Gasteiger partial charge in [0.2, 0.25) is 0 Å². The third kappa shape index (κ3) is 4.11. The molecule has 2 amide bonds. The number of urea groups is 1. The van der Waals surface area contributed by atoms with Crippen molar-refractivity contribution in [1.29, 1.82) is 0 Å². The average molecular weight is 292 g/mol. The maximum absolute atomic E-state index is 11.7. The maximum Gasteiger partial charge on any atom is 0.315 e. The molecule has 0 aliphatic heterocycles. The maximum atomic E-state index is 11.7. The van der Waals surface area contributed by atoms with Gasteiger partial charge in [-0.05, 0) is 49.4 Å². The molecule has 5 heteroatoms. The molecule has 1 aromatic rings. The summed E-state index contributed by atoms with van der Waals surface area (Å²) in [7, 11) is 1.68. The lowest BCUT2D eigenvalue weighted by Crippen LogP contribution is -2.43. The van der Waals surface area contributed by atoms with E-state index in [0.29, 0.717) is 12.5 Å². The smallest absolute Gasteiger partial charge is 0.315 e. The van der Waals surface area contributed by atoms with E-state index in [0.717, 1.165) is 25.0 Å². The highest BCUT2D eigenvalue weighted by atomic mass is 16.5. The lowest BCUT2D eigenvalue weighted by molar-refractivity contribution is 0.220. The Hall–Kier alpha value is -1.75. The largest absolute Gasteiger partial charge is 0.497 e. The SMILES string of the molecule is COc1ccc2c(c1)CCC[C@H]2CNC(=O)N[C@@H](C)CO. The van der Waals surface area contributed by atoms with Crippen LogP contribution in [0.5, 0.6) is 5.75 Å². The highest BCUT2D eigenvalue weighted by Gasteiger charge is 2.21. The van der Waals surface area contributed by atoms with Crippen LogP contribution in [0.25, 0.3) is 0 Å². The number of aliphatic hydroxyl groups is 1. The molecule has 1 aliphatic rings. The number of hydrogen-bond donors (Lipinski definition) is 3. The molecule has 0 fully saturated rings. The summed E-state index contributed by atoms with van der Waals surface area (Å²) in [6, 6.07) is 5.72. The molecule has 5 nitrogen and oxygen atoms in total. The quantitative estimate of drug-likeness (QED) is 0.775. The molecule has 2 atom stereocenters. The molecule has 0 aromatic heterocycles. The summed E-state index contributed by atoms with van der Waals surface area (Å²) in [6.45, 7) is 2.32. The van der Waals surface area contributed by atoms with Crippen molar-refractivity contribution in [3.05, 3.63) is 29.3 Å². The minimum absolute atomic E-state index is 0.0561. The number of aryl methyl sites for hydroxylation is 1. The van der Waals surface area contributed by atoms with E-state index in [9.17, 15) is 4.79 Å². The van der Waals surface area contributed by atoms with E-state index in [1.54, 1.807) is 14.0 Å². The van der Waals surface area contributed by atoms with E-state index in [1.807, 2.05) is 6.07 Å². The van der Waals surface area contributed by atoms with Gasteiger partial charge in [-0.15, -0.1) is 0 Å². The second kappa shape index (κ2) is 7.31. The topological polar surface area (TPSA) is 70.6 Å². The Bertz CT molecular complexity index is 490. The van der Waals surface area contributed by atoms with Crippen LogP contribution in [0.15, 0.2) is 18.2 Å². The first-order chi connectivity index (χ1) is 10.1. The van der Waals surface area contributed by atoms with E-state index in [4.69, 9.17) is 9.84 Å². The molecule has 21 heavy (non-hydrogen) atoms. The summed E-state index contributed by atoms with van der Waals surface area (Å²) in [5.74, 6) is 1.23. The van der Waals surface area contributed by atoms with Crippen LogP contribution in [0, 0.1) is 0 Å². The zero-order chi connectivity index (χ0) is 15.2. The van der Waals surface area contributed by atoms with Crippen molar-refractivity contribution < 1.29 is 14.6 Å². The van der Waals surface area contributed by atoms with Crippen molar-refractivity contribution in [1.82, 2.24) is 10.6 Å². The second-order valence-electron chi connectivity index (χ2n) is 5.59. The van der Waals surface area contributed by atoms with Crippen molar-refractivity contribution in [2.75, 3.05) is 20.3 Å². The van der Waals surface area contributed by atoms with Crippen LogP contribution in [0.2, 0.25) is 0 Å². The Labute approximate surface area is 125 Å². The number of amides is 2. The zero-order valence-electron chi connectivity index (χ0n) is 12.7. The minimum atomic E-state index is -0.229. The van der Waals surface area contributed by atoms with E-state index in [2.05, 4.69) is 22.8 Å². The van der Waals surface area contributed by atoms with Gasteiger partial charge in [-0.1, -0.05) is 6.07 Å². The number of carbonyl (C=O) groups excluding carboxylic acids is 1. The van der Waals surface area contributed by atoms with Crippen LogP contribution in [-0.2, 0) is 6.42 Å². The van der Waals surface area contributed by atoms with Gasteiger partial charge in [0.15, 0.2) is 0 Å². The Balaban J connectivity index is 1.95. The van der Waals surface area contributed by atoms with E-state index in [1.165, 1.54) is 11.1 Å². The summed E-state index contributed by atoms with van der Waals surface area (Å²) in [6.07, 6.45) is 3.27. The van der Waals surface area contributed by atoms with Gasteiger partial charge >= 0.3 is 6.03 Å². The first-order valence-corrected chi connectivity index (χ1v) is 7.46. The Morgan fingerprint density at radius 1 is 1.52 bits per heavy atom. The predicted octanol–water partition coefficient (Wildman–Crippen LogP) is 1.80. The molecule has 0 radical (unpaired) electrons. The van der Waals surface area contributed by atoms with E-state index >= 15 is 0 Å². The number of fused-ring (bicyclic) bond motifs is 1. The minimum Gasteiger partial charge on any atom is -0.497 e. The molecule has 0 unspecified atom stereocenters. The number of aliphatic hydroxyl groups excluding tert-OH is 1. The molecule has 1 aliphatic carbocycles. The molecule has 0 saturated carbocycles.